The molecule has 3 aromatic rings. The number of hydrogen-bond donors (Lipinski definition) is 2. The second-order valence-corrected chi connectivity index (χ2v) is 7.81. The summed E-state index contributed by atoms with van der Waals surface area (Å²) in [4.78, 5) is 21.9. The molecule has 1 aliphatic heterocycles. The molecule has 2 N–H and O–H groups in total. The van der Waals surface area contributed by atoms with Gasteiger partial charge in [-0.2, -0.15) is 0 Å². The summed E-state index contributed by atoms with van der Waals surface area (Å²) in [6.07, 6.45) is 6.16. The van der Waals surface area contributed by atoms with E-state index in [-0.39, 0.29) is 6.42 Å². The van der Waals surface area contributed by atoms with Crippen molar-refractivity contribution in [3.63, 3.8) is 0 Å². The lowest BCUT2D eigenvalue weighted by Crippen LogP contribution is -2.37. The smallest absolute Gasteiger partial charge is 0.305 e. The van der Waals surface area contributed by atoms with Gasteiger partial charge in [0, 0.05) is 50.0 Å². The minimum Gasteiger partial charge on any atom is -0.493 e. The molecule has 0 aliphatic carbocycles. The van der Waals surface area contributed by atoms with Crippen molar-refractivity contribution in [3.05, 3.63) is 36.9 Å². The average molecular weight is 456 g/mol. The van der Waals surface area contributed by atoms with Gasteiger partial charge in [-0.05, 0) is 18.6 Å². The predicted molar refractivity (Wildman–Crippen MR) is 123 cm³/mol. The van der Waals surface area contributed by atoms with Gasteiger partial charge in [0.2, 0.25) is 0 Å². The summed E-state index contributed by atoms with van der Waals surface area (Å²) in [7, 11) is 1.61. The maximum atomic E-state index is 10.8. The van der Waals surface area contributed by atoms with Crippen molar-refractivity contribution >= 4 is 28.4 Å². The second-order valence-electron chi connectivity index (χ2n) is 7.81. The number of carboxylic acids is 1. The normalized spacial score (nSPS) is 14.3. The maximum Gasteiger partial charge on any atom is 0.305 e. The largest absolute Gasteiger partial charge is 0.493 e. The van der Waals surface area contributed by atoms with Gasteiger partial charge in [0.05, 0.1) is 44.6 Å². The zero-order chi connectivity index (χ0) is 23.0. The Morgan fingerprint density at radius 2 is 2.06 bits per heavy atom. The van der Waals surface area contributed by atoms with Gasteiger partial charge < -0.3 is 29.2 Å². The zero-order valence-electron chi connectivity index (χ0n) is 18.7. The molecule has 33 heavy (non-hydrogen) atoms. The first-order chi connectivity index (χ1) is 16.1. The Balaban J connectivity index is 1.43. The lowest BCUT2D eigenvalue weighted by Gasteiger charge is -2.26. The Morgan fingerprint density at radius 3 is 2.85 bits per heavy atom. The summed E-state index contributed by atoms with van der Waals surface area (Å²) < 4.78 is 18.8. The SMILES string of the molecule is COc1cc2c(Nc3ccn(CCC(=O)O)c3)ncnc2cc1OCCCN1CCOCC1. The molecule has 10 heteroatoms. The number of ether oxygens (including phenoxy) is 3. The number of benzene rings is 1. The number of hydrogen-bond acceptors (Lipinski definition) is 8. The van der Waals surface area contributed by atoms with Crippen LogP contribution in [0.1, 0.15) is 12.8 Å². The number of aliphatic carboxylic acids is 1. The molecule has 10 nitrogen and oxygen atoms in total. The van der Waals surface area contributed by atoms with E-state index in [1.165, 1.54) is 6.33 Å². The van der Waals surface area contributed by atoms with Crippen LogP contribution >= 0.6 is 0 Å². The number of carbonyl (C=O) groups is 1. The van der Waals surface area contributed by atoms with E-state index < -0.39 is 5.97 Å². The second kappa shape index (κ2) is 11.0. The number of fused-ring (bicyclic) bond motifs is 1. The van der Waals surface area contributed by atoms with Gasteiger partial charge in [-0.15, -0.1) is 0 Å². The van der Waals surface area contributed by atoms with Gasteiger partial charge >= 0.3 is 5.97 Å². The van der Waals surface area contributed by atoms with E-state index in [2.05, 4.69) is 20.2 Å². The van der Waals surface area contributed by atoms with Crippen molar-refractivity contribution in [1.29, 1.82) is 0 Å². The molecule has 1 aliphatic rings. The number of methoxy groups -OCH3 is 1. The quantitative estimate of drug-likeness (QED) is 0.422. The van der Waals surface area contributed by atoms with Crippen LogP contribution in [0.2, 0.25) is 0 Å². The van der Waals surface area contributed by atoms with Gasteiger partial charge in [0.1, 0.15) is 12.1 Å². The third-order valence-electron chi connectivity index (χ3n) is 5.50. The first kappa shape index (κ1) is 22.8. The number of rotatable bonds is 11. The summed E-state index contributed by atoms with van der Waals surface area (Å²) >= 11 is 0. The van der Waals surface area contributed by atoms with Gasteiger partial charge in [-0.1, -0.05) is 0 Å². The standard InChI is InChI=1S/C23H29N5O5/c1-31-20-13-18-19(14-21(20)33-10-2-5-27-8-11-32-12-9-27)24-16-25-23(18)26-17-3-6-28(15-17)7-4-22(29)30/h3,6,13-16H,2,4-5,7-12H2,1H3,(H,29,30)(H,24,25,26). The Labute approximate surface area is 192 Å². The van der Waals surface area contributed by atoms with Gasteiger partial charge in [-0.25, -0.2) is 9.97 Å². The predicted octanol–water partition coefficient (Wildman–Crippen LogP) is 2.76. The number of nitrogens with one attached hydrogen (secondary N) is 1. The number of anilines is 2. The lowest BCUT2D eigenvalue weighted by atomic mass is 10.2. The average Bonchev–Trinajstić information content (AvgIpc) is 3.28. The van der Waals surface area contributed by atoms with E-state index in [4.69, 9.17) is 19.3 Å². The molecule has 0 radical (unpaired) electrons. The fourth-order valence-corrected chi connectivity index (χ4v) is 3.75. The van der Waals surface area contributed by atoms with Crippen molar-refractivity contribution in [2.24, 2.45) is 0 Å². The highest BCUT2D eigenvalue weighted by atomic mass is 16.5. The minimum absolute atomic E-state index is 0.0664. The summed E-state index contributed by atoms with van der Waals surface area (Å²) in [5.74, 6) is 1.07. The Hall–Kier alpha value is -3.37. The molecular formula is C23H29N5O5. The molecule has 0 saturated carbocycles. The van der Waals surface area contributed by atoms with Gasteiger partial charge in [0.15, 0.2) is 11.5 Å². The van der Waals surface area contributed by atoms with Crippen LogP contribution in [-0.2, 0) is 16.1 Å². The number of aryl methyl sites for hydroxylation is 1. The van der Waals surface area contributed by atoms with E-state index in [1.54, 1.807) is 7.11 Å². The number of morpholine rings is 1. The highest BCUT2D eigenvalue weighted by Gasteiger charge is 2.13. The van der Waals surface area contributed by atoms with Crippen LogP contribution in [0, 0.1) is 0 Å². The molecule has 176 valence electrons. The topological polar surface area (TPSA) is 111 Å². The van der Waals surface area contributed by atoms with E-state index in [0.717, 1.165) is 55.9 Å². The molecular weight excluding hydrogens is 426 g/mol. The molecule has 0 bridgehead atoms. The highest BCUT2D eigenvalue weighted by molar-refractivity contribution is 5.93. The number of carboxylic acid groups (broad SMARTS) is 1. The van der Waals surface area contributed by atoms with Crippen LogP contribution in [0.15, 0.2) is 36.9 Å². The highest BCUT2D eigenvalue weighted by Crippen LogP contribution is 2.34. The molecule has 4 rings (SSSR count). The molecule has 0 spiro atoms. The number of nitrogens with zero attached hydrogens (tertiary/aromatic N) is 4. The maximum absolute atomic E-state index is 10.8. The third-order valence-corrected chi connectivity index (χ3v) is 5.50. The van der Waals surface area contributed by atoms with Gasteiger partial charge in [0.25, 0.3) is 0 Å². The Bertz CT molecular complexity index is 1080. The number of aromatic nitrogens is 3. The molecule has 1 aromatic carbocycles. The molecule has 0 unspecified atom stereocenters. The van der Waals surface area contributed by atoms with E-state index >= 15 is 0 Å². The summed E-state index contributed by atoms with van der Waals surface area (Å²) in [6.45, 7) is 5.48. The van der Waals surface area contributed by atoms with Crippen LogP contribution in [-0.4, -0.2) is 77.1 Å². The Morgan fingerprint density at radius 1 is 1.21 bits per heavy atom. The summed E-state index contributed by atoms with van der Waals surface area (Å²) in [5.41, 5.74) is 1.55. The van der Waals surface area contributed by atoms with Crippen molar-refractivity contribution < 1.29 is 24.1 Å². The molecule has 0 atom stereocenters. The molecule has 1 saturated heterocycles. The van der Waals surface area contributed by atoms with E-state index in [9.17, 15) is 4.79 Å². The molecule has 3 heterocycles. The molecule has 2 aromatic heterocycles. The van der Waals surface area contributed by atoms with Crippen LogP contribution in [0.4, 0.5) is 11.5 Å². The first-order valence-electron chi connectivity index (χ1n) is 11.0. The van der Waals surface area contributed by atoms with E-state index in [1.807, 2.05) is 35.2 Å². The zero-order valence-corrected chi connectivity index (χ0v) is 18.7. The Kier molecular flexibility index (Phi) is 7.59. The van der Waals surface area contributed by atoms with Crippen molar-refractivity contribution in [3.8, 4) is 11.5 Å². The van der Waals surface area contributed by atoms with E-state index in [0.29, 0.717) is 30.5 Å². The monoisotopic (exact) mass is 455 g/mol. The molecule has 1 fully saturated rings. The van der Waals surface area contributed by atoms with Gasteiger partial charge in [-0.3, -0.25) is 9.69 Å². The van der Waals surface area contributed by atoms with Crippen LogP contribution in [0.5, 0.6) is 11.5 Å². The van der Waals surface area contributed by atoms with Crippen molar-refractivity contribution in [2.45, 2.75) is 19.4 Å². The minimum atomic E-state index is -0.828. The fourth-order valence-electron chi connectivity index (χ4n) is 3.75. The van der Waals surface area contributed by atoms with Crippen molar-refractivity contribution in [2.75, 3.05) is 51.9 Å². The fraction of sp³-hybridized carbons (Fsp3) is 0.435. The summed E-state index contributed by atoms with van der Waals surface area (Å²) in [5, 5.41) is 12.9. The van der Waals surface area contributed by atoms with Crippen LogP contribution in [0.25, 0.3) is 10.9 Å². The first-order valence-corrected chi connectivity index (χ1v) is 11.0. The van der Waals surface area contributed by atoms with Crippen molar-refractivity contribution in [1.82, 2.24) is 19.4 Å². The van der Waals surface area contributed by atoms with Crippen LogP contribution < -0.4 is 14.8 Å². The third kappa shape index (κ3) is 6.11. The summed E-state index contributed by atoms with van der Waals surface area (Å²) in [6, 6.07) is 5.61. The molecule has 0 amide bonds. The van der Waals surface area contributed by atoms with Crippen LogP contribution in [0.3, 0.4) is 0 Å². The lowest BCUT2D eigenvalue weighted by molar-refractivity contribution is -0.137.